The highest BCUT2D eigenvalue weighted by atomic mass is 16.5. The highest BCUT2D eigenvalue weighted by molar-refractivity contribution is 6.01. The lowest BCUT2D eigenvalue weighted by Crippen LogP contribution is -2.46. The van der Waals surface area contributed by atoms with Crippen LogP contribution >= 0.6 is 0 Å². The summed E-state index contributed by atoms with van der Waals surface area (Å²) in [7, 11) is 1.55. The van der Waals surface area contributed by atoms with Gasteiger partial charge in [-0.3, -0.25) is 9.59 Å². The molecule has 0 bridgehead atoms. The van der Waals surface area contributed by atoms with Gasteiger partial charge in [0.15, 0.2) is 0 Å². The van der Waals surface area contributed by atoms with Crippen LogP contribution in [0.15, 0.2) is 48.5 Å². The van der Waals surface area contributed by atoms with Gasteiger partial charge in [-0.15, -0.1) is 0 Å². The molecule has 3 rings (SSSR count). The number of nitrogens with one attached hydrogen (secondary N) is 2. The number of anilines is 2. The van der Waals surface area contributed by atoms with Crippen molar-refractivity contribution >= 4 is 23.2 Å². The molecule has 1 aliphatic rings. The van der Waals surface area contributed by atoms with Crippen molar-refractivity contribution in [3.05, 3.63) is 54.1 Å². The molecule has 1 fully saturated rings. The van der Waals surface area contributed by atoms with E-state index in [2.05, 4.69) is 10.6 Å². The molecule has 0 heterocycles. The van der Waals surface area contributed by atoms with E-state index in [1.807, 2.05) is 30.3 Å². The SMILES string of the molecule is COc1ccc(NC(C)=O)cc1NC(=O)C1(c2ccccc2)CCC1. The zero-order chi connectivity index (χ0) is 17.9. The summed E-state index contributed by atoms with van der Waals surface area (Å²) in [5.41, 5.74) is 1.72. The number of hydrogen-bond donors (Lipinski definition) is 2. The van der Waals surface area contributed by atoms with Crippen molar-refractivity contribution in [3.8, 4) is 5.75 Å². The van der Waals surface area contributed by atoms with Gasteiger partial charge in [-0.05, 0) is 36.6 Å². The van der Waals surface area contributed by atoms with Gasteiger partial charge < -0.3 is 15.4 Å². The molecule has 0 spiro atoms. The average molecular weight is 338 g/mol. The normalized spacial score (nSPS) is 15.0. The number of carbonyl (C=O) groups excluding carboxylic acids is 2. The maximum Gasteiger partial charge on any atom is 0.235 e. The fourth-order valence-corrected chi connectivity index (χ4v) is 3.26. The Hall–Kier alpha value is -2.82. The quantitative estimate of drug-likeness (QED) is 0.873. The minimum atomic E-state index is -0.490. The standard InChI is InChI=1S/C20H22N2O3/c1-14(23)21-16-9-10-18(25-2)17(13-16)22-19(24)20(11-6-12-20)15-7-4-3-5-8-15/h3-5,7-10,13H,6,11-12H2,1-2H3,(H,21,23)(H,22,24). The molecule has 2 amide bonds. The third-order valence-electron chi connectivity index (χ3n) is 4.74. The van der Waals surface area contributed by atoms with E-state index in [0.717, 1.165) is 24.8 Å². The van der Waals surface area contributed by atoms with E-state index < -0.39 is 5.41 Å². The lowest BCUT2D eigenvalue weighted by Gasteiger charge is -2.40. The molecule has 0 atom stereocenters. The Morgan fingerprint density at radius 3 is 2.32 bits per heavy atom. The summed E-state index contributed by atoms with van der Waals surface area (Å²) in [6, 6.07) is 15.1. The minimum absolute atomic E-state index is 0.0387. The Morgan fingerprint density at radius 2 is 1.76 bits per heavy atom. The monoisotopic (exact) mass is 338 g/mol. The summed E-state index contributed by atoms with van der Waals surface area (Å²) in [5.74, 6) is 0.357. The van der Waals surface area contributed by atoms with E-state index in [4.69, 9.17) is 4.74 Å². The Labute approximate surface area is 147 Å². The number of amides is 2. The van der Waals surface area contributed by atoms with Crippen molar-refractivity contribution in [2.24, 2.45) is 0 Å². The van der Waals surface area contributed by atoms with Gasteiger partial charge in [0, 0.05) is 12.6 Å². The van der Waals surface area contributed by atoms with E-state index in [-0.39, 0.29) is 11.8 Å². The van der Waals surface area contributed by atoms with Gasteiger partial charge in [0.2, 0.25) is 11.8 Å². The van der Waals surface area contributed by atoms with Crippen molar-refractivity contribution < 1.29 is 14.3 Å². The molecule has 130 valence electrons. The van der Waals surface area contributed by atoms with Gasteiger partial charge in [-0.2, -0.15) is 0 Å². The maximum absolute atomic E-state index is 13.1. The number of methoxy groups -OCH3 is 1. The summed E-state index contributed by atoms with van der Waals surface area (Å²) in [6.45, 7) is 1.45. The lowest BCUT2D eigenvalue weighted by molar-refractivity contribution is -0.124. The van der Waals surface area contributed by atoms with Crippen molar-refractivity contribution in [3.63, 3.8) is 0 Å². The first kappa shape index (κ1) is 17.0. The average Bonchev–Trinajstić information content (AvgIpc) is 2.54. The molecule has 2 N–H and O–H groups in total. The fraction of sp³-hybridized carbons (Fsp3) is 0.300. The summed E-state index contributed by atoms with van der Waals surface area (Å²) in [4.78, 5) is 24.3. The third kappa shape index (κ3) is 3.36. The van der Waals surface area contributed by atoms with Gasteiger partial charge in [-0.1, -0.05) is 36.8 Å². The van der Waals surface area contributed by atoms with Crippen molar-refractivity contribution in [1.82, 2.24) is 0 Å². The van der Waals surface area contributed by atoms with E-state index in [1.165, 1.54) is 6.92 Å². The molecular formula is C20H22N2O3. The van der Waals surface area contributed by atoms with Crippen LogP contribution in [0.1, 0.15) is 31.7 Å². The molecule has 0 saturated heterocycles. The molecule has 0 aliphatic heterocycles. The summed E-state index contributed by atoms with van der Waals surface area (Å²) in [5, 5.41) is 5.72. The van der Waals surface area contributed by atoms with E-state index in [1.54, 1.807) is 25.3 Å². The van der Waals surface area contributed by atoms with Gasteiger partial charge in [-0.25, -0.2) is 0 Å². The van der Waals surface area contributed by atoms with Crippen LogP contribution in [-0.2, 0) is 15.0 Å². The number of ether oxygens (including phenoxy) is 1. The van der Waals surface area contributed by atoms with Crippen LogP contribution < -0.4 is 15.4 Å². The first-order valence-corrected chi connectivity index (χ1v) is 8.38. The molecule has 1 saturated carbocycles. The molecule has 0 unspecified atom stereocenters. The largest absolute Gasteiger partial charge is 0.495 e. The second kappa shape index (κ2) is 6.97. The fourth-order valence-electron chi connectivity index (χ4n) is 3.26. The minimum Gasteiger partial charge on any atom is -0.495 e. The second-order valence-corrected chi connectivity index (χ2v) is 6.35. The summed E-state index contributed by atoms with van der Waals surface area (Å²) in [6.07, 6.45) is 2.69. The topological polar surface area (TPSA) is 67.4 Å². The molecule has 0 aromatic heterocycles. The number of hydrogen-bond acceptors (Lipinski definition) is 3. The predicted octanol–water partition coefficient (Wildman–Crippen LogP) is 3.71. The van der Waals surface area contributed by atoms with Crippen LogP contribution in [0, 0.1) is 0 Å². The zero-order valence-electron chi connectivity index (χ0n) is 14.5. The Kier molecular flexibility index (Phi) is 4.74. The Bertz CT molecular complexity index is 783. The van der Waals surface area contributed by atoms with E-state index >= 15 is 0 Å². The molecule has 25 heavy (non-hydrogen) atoms. The summed E-state index contributed by atoms with van der Waals surface area (Å²) < 4.78 is 5.35. The van der Waals surface area contributed by atoms with Crippen LogP contribution in [0.3, 0.4) is 0 Å². The van der Waals surface area contributed by atoms with E-state index in [9.17, 15) is 9.59 Å². The van der Waals surface area contributed by atoms with Crippen molar-refractivity contribution in [1.29, 1.82) is 0 Å². The van der Waals surface area contributed by atoms with Crippen molar-refractivity contribution in [2.45, 2.75) is 31.6 Å². The van der Waals surface area contributed by atoms with Crippen LogP contribution in [0.5, 0.6) is 5.75 Å². The molecular weight excluding hydrogens is 316 g/mol. The van der Waals surface area contributed by atoms with Gasteiger partial charge in [0.1, 0.15) is 5.75 Å². The first-order valence-electron chi connectivity index (χ1n) is 8.38. The molecule has 5 nitrogen and oxygen atoms in total. The van der Waals surface area contributed by atoms with Gasteiger partial charge >= 0.3 is 0 Å². The van der Waals surface area contributed by atoms with Crippen LogP contribution in [-0.4, -0.2) is 18.9 Å². The van der Waals surface area contributed by atoms with Gasteiger partial charge in [0.05, 0.1) is 18.2 Å². The van der Waals surface area contributed by atoms with E-state index in [0.29, 0.717) is 17.1 Å². The molecule has 5 heteroatoms. The van der Waals surface area contributed by atoms with Gasteiger partial charge in [0.25, 0.3) is 0 Å². The maximum atomic E-state index is 13.1. The lowest BCUT2D eigenvalue weighted by atomic mass is 9.64. The number of carbonyl (C=O) groups is 2. The summed E-state index contributed by atoms with van der Waals surface area (Å²) >= 11 is 0. The zero-order valence-corrected chi connectivity index (χ0v) is 14.5. The Balaban J connectivity index is 1.88. The first-order chi connectivity index (χ1) is 12.0. The highest BCUT2D eigenvalue weighted by Gasteiger charge is 2.45. The third-order valence-corrected chi connectivity index (χ3v) is 4.74. The smallest absolute Gasteiger partial charge is 0.235 e. The van der Waals surface area contributed by atoms with Crippen LogP contribution in [0.4, 0.5) is 11.4 Å². The molecule has 0 radical (unpaired) electrons. The second-order valence-electron chi connectivity index (χ2n) is 6.35. The molecule has 2 aromatic carbocycles. The molecule has 2 aromatic rings. The van der Waals surface area contributed by atoms with Crippen LogP contribution in [0.25, 0.3) is 0 Å². The highest BCUT2D eigenvalue weighted by Crippen LogP contribution is 2.45. The number of benzene rings is 2. The molecule has 1 aliphatic carbocycles. The van der Waals surface area contributed by atoms with Crippen LogP contribution in [0.2, 0.25) is 0 Å². The Morgan fingerprint density at radius 1 is 1.04 bits per heavy atom. The number of rotatable bonds is 5. The van der Waals surface area contributed by atoms with Crippen molar-refractivity contribution in [2.75, 3.05) is 17.7 Å². The predicted molar refractivity (Wildman–Crippen MR) is 97.9 cm³/mol.